The van der Waals surface area contributed by atoms with Gasteiger partial charge in [-0.15, -0.1) is 11.3 Å². The minimum Gasteiger partial charge on any atom is -0.348 e. The fraction of sp³-hybridized carbons (Fsp3) is 0.824. The maximum atomic E-state index is 4.63. The number of nitrogens with one attached hydrogen (secondary N) is 1. The molecule has 1 aromatic rings. The van der Waals surface area contributed by atoms with Gasteiger partial charge in [0.25, 0.3) is 0 Å². The first-order valence-electron chi connectivity index (χ1n) is 8.25. The Balaban J connectivity index is 1.86. The van der Waals surface area contributed by atoms with E-state index < -0.39 is 0 Å². The van der Waals surface area contributed by atoms with Crippen molar-refractivity contribution in [3.63, 3.8) is 0 Å². The van der Waals surface area contributed by atoms with Gasteiger partial charge in [0.2, 0.25) is 0 Å². The molecule has 0 unspecified atom stereocenters. The molecule has 1 saturated carbocycles. The maximum absolute atomic E-state index is 4.63. The van der Waals surface area contributed by atoms with Crippen LogP contribution < -0.4 is 10.2 Å². The lowest BCUT2D eigenvalue weighted by molar-refractivity contribution is 0.222. The van der Waals surface area contributed by atoms with Crippen LogP contribution in [0.3, 0.4) is 0 Å². The summed E-state index contributed by atoms with van der Waals surface area (Å²) in [6.07, 6.45) is 7.29. The van der Waals surface area contributed by atoms with Crippen LogP contribution in [0.4, 0.5) is 5.13 Å². The van der Waals surface area contributed by atoms with Crippen LogP contribution in [0, 0.1) is 11.3 Å². The van der Waals surface area contributed by atoms with Gasteiger partial charge in [0.15, 0.2) is 5.13 Å². The van der Waals surface area contributed by atoms with Gasteiger partial charge in [-0.25, -0.2) is 4.98 Å². The lowest BCUT2D eigenvalue weighted by Crippen LogP contribution is -2.37. The van der Waals surface area contributed by atoms with Crippen LogP contribution >= 0.6 is 11.3 Å². The molecule has 1 aliphatic rings. The predicted molar refractivity (Wildman–Crippen MR) is 93.1 cm³/mol. The summed E-state index contributed by atoms with van der Waals surface area (Å²) < 4.78 is 0. The predicted octanol–water partition coefficient (Wildman–Crippen LogP) is 4.29. The molecule has 21 heavy (non-hydrogen) atoms. The smallest absolute Gasteiger partial charge is 0.185 e. The Morgan fingerprint density at radius 1 is 1.38 bits per heavy atom. The molecule has 120 valence electrons. The number of anilines is 1. The number of aromatic nitrogens is 1. The van der Waals surface area contributed by atoms with Gasteiger partial charge >= 0.3 is 0 Å². The van der Waals surface area contributed by atoms with E-state index in [9.17, 15) is 0 Å². The Morgan fingerprint density at radius 3 is 2.67 bits per heavy atom. The minimum atomic E-state index is 0.534. The van der Waals surface area contributed by atoms with Crippen LogP contribution in [-0.2, 0) is 6.54 Å². The van der Waals surface area contributed by atoms with E-state index in [-0.39, 0.29) is 0 Å². The van der Waals surface area contributed by atoms with Crippen molar-refractivity contribution in [2.24, 2.45) is 11.3 Å². The second-order valence-corrected chi connectivity index (χ2v) is 8.73. The van der Waals surface area contributed by atoms with Crippen molar-refractivity contribution in [3.8, 4) is 0 Å². The van der Waals surface area contributed by atoms with Crippen LogP contribution in [0.5, 0.6) is 0 Å². The molecule has 0 saturated heterocycles. The molecule has 1 N–H and O–H groups in total. The summed E-state index contributed by atoms with van der Waals surface area (Å²) in [6.45, 7) is 11.3. The Labute approximate surface area is 134 Å². The molecule has 1 fully saturated rings. The molecule has 0 aliphatic heterocycles. The third-order valence-electron chi connectivity index (χ3n) is 4.55. The van der Waals surface area contributed by atoms with Gasteiger partial charge in [-0.05, 0) is 43.6 Å². The number of thiazole rings is 1. The highest BCUT2D eigenvalue weighted by atomic mass is 32.1. The van der Waals surface area contributed by atoms with E-state index in [1.54, 1.807) is 0 Å². The van der Waals surface area contributed by atoms with Gasteiger partial charge in [-0.1, -0.05) is 27.7 Å². The third-order valence-corrected chi connectivity index (χ3v) is 5.64. The van der Waals surface area contributed by atoms with Gasteiger partial charge in [0.1, 0.15) is 0 Å². The fourth-order valence-electron chi connectivity index (χ4n) is 2.95. The minimum absolute atomic E-state index is 0.534. The number of nitrogens with zero attached hydrogens (tertiary/aromatic N) is 2. The first kappa shape index (κ1) is 16.8. The van der Waals surface area contributed by atoms with Gasteiger partial charge in [-0.3, -0.25) is 0 Å². The van der Waals surface area contributed by atoms with Crippen LogP contribution in [0.25, 0.3) is 0 Å². The Bertz CT molecular complexity index is 429. The van der Waals surface area contributed by atoms with Gasteiger partial charge in [0, 0.05) is 30.7 Å². The van der Waals surface area contributed by atoms with Crippen molar-refractivity contribution in [2.45, 2.75) is 66.0 Å². The number of hydrogen-bond acceptors (Lipinski definition) is 4. The summed E-state index contributed by atoms with van der Waals surface area (Å²) >= 11 is 1.84. The van der Waals surface area contributed by atoms with E-state index in [1.165, 1.54) is 35.7 Å². The molecule has 3 nitrogen and oxygen atoms in total. The zero-order valence-electron chi connectivity index (χ0n) is 14.3. The summed E-state index contributed by atoms with van der Waals surface area (Å²) in [5, 5.41) is 4.68. The Kier molecular flexibility index (Phi) is 5.67. The summed E-state index contributed by atoms with van der Waals surface area (Å²) in [4.78, 5) is 8.38. The average Bonchev–Trinajstić information content (AvgIpc) is 2.86. The van der Waals surface area contributed by atoms with Crippen LogP contribution in [0.15, 0.2) is 6.20 Å². The zero-order chi connectivity index (χ0) is 15.5. The van der Waals surface area contributed by atoms with Crippen molar-refractivity contribution >= 4 is 16.5 Å². The van der Waals surface area contributed by atoms with Gasteiger partial charge in [0.05, 0.1) is 0 Å². The van der Waals surface area contributed by atoms with Crippen molar-refractivity contribution in [1.82, 2.24) is 10.3 Å². The number of rotatable bonds is 6. The van der Waals surface area contributed by atoms with Crippen molar-refractivity contribution in [1.29, 1.82) is 0 Å². The molecule has 4 heteroatoms. The highest BCUT2D eigenvalue weighted by molar-refractivity contribution is 7.15. The molecule has 1 aliphatic carbocycles. The topological polar surface area (TPSA) is 28.2 Å². The van der Waals surface area contributed by atoms with Crippen molar-refractivity contribution in [3.05, 3.63) is 11.1 Å². The standard InChI is InChI=1S/C17H31N3S/c1-13(2)10-18-11-15-12-19-16(21-15)20(5)14-6-8-17(3,4)9-7-14/h12-14,18H,6-11H2,1-5H3. The largest absolute Gasteiger partial charge is 0.348 e. The summed E-state index contributed by atoms with van der Waals surface area (Å²) in [7, 11) is 2.22. The molecule has 1 heterocycles. The number of hydrogen-bond donors (Lipinski definition) is 1. The fourth-order valence-corrected chi connectivity index (χ4v) is 3.87. The summed E-state index contributed by atoms with van der Waals surface area (Å²) in [5.74, 6) is 0.700. The van der Waals surface area contributed by atoms with Crippen molar-refractivity contribution < 1.29 is 0 Å². The molecule has 0 radical (unpaired) electrons. The maximum Gasteiger partial charge on any atom is 0.185 e. The van der Waals surface area contributed by atoms with E-state index in [4.69, 9.17) is 0 Å². The molecule has 0 aromatic carbocycles. The quantitative estimate of drug-likeness (QED) is 0.849. The molecule has 0 bridgehead atoms. The molecule has 0 spiro atoms. The summed E-state index contributed by atoms with van der Waals surface area (Å²) in [5.41, 5.74) is 0.534. The average molecular weight is 310 g/mol. The first-order chi connectivity index (χ1) is 9.87. The van der Waals surface area contributed by atoms with E-state index in [2.05, 4.69) is 49.9 Å². The lowest BCUT2D eigenvalue weighted by Gasteiger charge is -2.38. The van der Waals surface area contributed by atoms with Crippen LogP contribution in [-0.4, -0.2) is 24.6 Å². The second kappa shape index (κ2) is 7.10. The first-order valence-corrected chi connectivity index (χ1v) is 9.07. The van der Waals surface area contributed by atoms with E-state index >= 15 is 0 Å². The third kappa shape index (κ3) is 4.96. The van der Waals surface area contributed by atoms with Gasteiger partial charge < -0.3 is 10.2 Å². The van der Waals surface area contributed by atoms with Gasteiger partial charge in [-0.2, -0.15) is 0 Å². The monoisotopic (exact) mass is 309 g/mol. The molecule has 1 aromatic heterocycles. The molecule has 0 atom stereocenters. The normalized spacial score (nSPS) is 19.1. The molecular weight excluding hydrogens is 278 g/mol. The van der Waals surface area contributed by atoms with E-state index in [1.807, 2.05) is 17.5 Å². The highest BCUT2D eigenvalue weighted by Crippen LogP contribution is 2.38. The van der Waals surface area contributed by atoms with E-state index in [0.29, 0.717) is 17.4 Å². The zero-order valence-corrected chi connectivity index (χ0v) is 15.1. The Morgan fingerprint density at radius 2 is 2.05 bits per heavy atom. The summed E-state index contributed by atoms with van der Waals surface area (Å²) in [6, 6.07) is 0.667. The highest BCUT2D eigenvalue weighted by Gasteiger charge is 2.29. The molecule has 2 rings (SSSR count). The SMILES string of the molecule is CC(C)CNCc1cnc(N(C)C2CCC(C)(C)CC2)s1. The van der Waals surface area contributed by atoms with Crippen LogP contribution in [0.1, 0.15) is 58.3 Å². The van der Waals surface area contributed by atoms with Crippen LogP contribution in [0.2, 0.25) is 0 Å². The second-order valence-electron chi connectivity index (χ2n) is 7.64. The van der Waals surface area contributed by atoms with E-state index in [0.717, 1.165) is 13.1 Å². The Hall–Kier alpha value is -0.610. The lowest BCUT2D eigenvalue weighted by atomic mass is 9.75. The molecule has 0 amide bonds. The molecular formula is C17H31N3S. The van der Waals surface area contributed by atoms with Crippen molar-refractivity contribution in [2.75, 3.05) is 18.5 Å².